The molecule has 0 unspecified atom stereocenters. The Morgan fingerprint density at radius 1 is 1.28 bits per heavy atom. The molecule has 1 rings (SSSR count). The second-order valence-corrected chi connectivity index (χ2v) is 5.01. The van der Waals surface area contributed by atoms with Crippen molar-refractivity contribution >= 4 is 23.0 Å². The molecule has 0 spiro atoms. The summed E-state index contributed by atoms with van der Waals surface area (Å²) in [5.41, 5.74) is 0. The minimum Gasteiger partial charge on any atom is -0.347 e. The molecule has 7 heteroatoms. The Morgan fingerprint density at radius 2 is 1.94 bits per heavy atom. The van der Waals surface area contributed by atoms with Gasteiger partial charge in [0.25, 0.3) is 0 Å². The molecule has 1 aromatic rings. The number of amides is 1. The first kappa shape index (κ1) is 14.7. The summed E-state index contributed by atoms with van der Waals surface area (Å²) >= 11 is 1.30. The van der Waals surface area contributed by atoms with Gasteiger partial charge in [0.1, 0.15) is 6.54 Å². The predicted octanol–water partition coefficient (Wildman–Crippen LogP) is 2.70. The van der Waals surface area contributed by atoms with Crippen LogP contribution in [0.3, 0.4) is 0 Å². The van der Waals surface area contributed by atoms with Crippen LogP contribution in [-0.2, 0) is 4.79 Å². The number of hydrogen-bond donors (Lipinski definition) is 1. The van der Waals surface area contributed by atoms with E-state index in [4.69, 9.17) is 0 Å². The molecule has 0 atom stereocenters. The van der Waals surface area contributed by atoms with Crippen molar-refractivity contribution in [2.75, 3.05) is 6.54 Å². The van der Waals surface area contributed by atoms with Crippen molar-refractivity contribution < 1.29 is 22.8 Å². The molecule has 0 aliphatic rings. The molecule has 1 amide bonds. The van der Waals surface area contributed by atoms with Crippen molar-refractivity contribution in [3.8, 4) is 0 Å². The van der Waals surface area contributed by atoms with Gasteiger partial charge in [-0.15, -0.1) is 11.3 Å². The van der Waals surface area contributed by atoms with E-state index in [9.17, 15) is 22.8 Å². The summed E-state index contributed by atoms with van der Waals surface area (Å²) in [5, 5.41) is 1.72. The van der Waals surface area contributed by atoms with E-state index in [-0.39, 0.29) is 18.6 Å². The number of carbonyl (C=O) groups excluding carboxylic acids is 2. The topological polar surface area (TPSA) is 46.2 Å². The summed E-state index contributed by atoms with van der Waals surface area (Å²) in [5.74, 6) is -0.996. The first-order valence-corrected chi connectivity index (χ1v) is 6.02. The molecule has 0 fully saturated rings. The van der Waals surface area contributed by atoms with E-state index in [2.05, 4.69) is 0 Å². The smallest absolute Gasteiger partial charge is 0.347 e. The van der Waals surface area contributed by atoms with Crippen molar-refractivity contribution in [3.63, 3.8) is 0 Å². The lowest BCUT2D eigenvalue weighted by Gasteiger charge is -2.07. The first-order chi connectivity index (χ1) is 8.28. The van der Waals surface area contributed by atoms with Gasteiger partial charge in [-0.1, -0.05) is 0 Å². The van der Waals surface area contributed by atoms with Crippen LogP contribution in [0.25, 0.3) is 0 Å². The summed E-state index contributed by atoms with van der Waals surface area (Å²) in [6.45, 7) is 0.482. The number of halogens is 3. The molecular formula is C11H12F3NO2S. The van der Waals surface area contributed by atoms with Crippen LogP contribution < -0.4 is 5.32 Å². The average Bonchev–Trinajstić information content (AvgIpc) is 2.69. The molecule has 100 valence electrons. The number of alkyl halides is 3. The second-order valence-electron chi connectivity index (χ2n) is 3.73. The van der Waals surface area contributed by atoms with Gasteiger partial charge in [0.15, 0.2) is 5.78 Å². The molecule has 0 aromatic carbocycles. The van der Waals surface area contributed by atoms with Gasteiger partial charge in [-0.25, -0.2) is 0 Å². The SMILES string of the molecule is Cc1ccc(C(=O)CCC(=O)NCC(F)(F)F)s1. The lowest BCUT2D eigenvalue weighted by atomic mass is 10.2. The highest BCUT2D eigenvalue weighted by atomic mass is 32.1. The van der Waals surface area contributed by atoms with Crippen LogP contribution in [0.1, 0.15) is 27.4 Å². The van der Waals surface area contributed by atoms with E-state index in [1.807, 2.05) is 6.92 Å². The zero-order valence-electron chi connectivity index (χ0n) is 9.63. The van der Waals surface area contributed by atoms with Crippen LogP contribution in [0.15, 0.2) is 12.1 Å². The number of rotatable bonds is 5. The van der Waals surface area contributed by atoms with Gasteiger partial charge >= 0.3 is 6.18 Å². The summed E-state index contributed by atoms with van der Waals surface area (Å²) in [6.07, 6.45) is -4.74. The Kier molecular flexibility index (Phi) is 4.89. The summed E-state index contributed by atoms with van der Waals surface area (Å²) in [4.78, 5) is 24.1. The lowest BCUT2D eigenvalue weighted by molar-refractivity contribution is -0.138. The van der Waals surface area contributed by atoms with Gasteiger partial charge in [-0.05, 0) is 19.1 Å². The highest BCUT2D eigenvalue weighted by molar-refractivity contribution is 7.14. The Morgan fingerprint density at radius 3 is 2.44 bits per heavy atom. The van der Waals surface area contributed by atoms with Crippen molar-refractivity contribution in [1.29, 1.82) is 0 Å². The fourth-order valence-corrected chi connectivity index (χ4v) is 2.06. The van der Waals surface area contributed by atoms with Gasteiger partial charge in [0, 0.05) is 17.7 Å². The number of ketones is 1. The molecule has 0 radical (unpaired) electrons. The van der Waals surface area contributed by atoms with Crippen LogP contribution in [0.2, 0.25) is 0 Å². The molecule has 0 saturated carbocycles. The van der Waals surface area contributed by atoms with Crippen molar-refractivity contribution in [2.45, 2.75) is 25.9 Å². The molecule has 1 heterocycles. The third-order valence-corrected chi connectivity index (χ3v) is 3.12. The normalized spacial score (nSPS) is 11.3. The highest BCUT2D eigenvalue weighted by Gasteiger charge is 2.27. The molecular weight excluding hydrogens is 267 g/mol. The van der Waals surface area contributed by atoms with Crippen molar-refractivity contribution in [3.05, 3.63) is 21.9 Å². The Hall–Kier alpha value is -1.37. The molecule has 0 aliphatic carbocycles. The zero-order chi connectivity index (χ0) is 13.8. The van der Waals surface area contributed by atoms with E-state index in [1.54, 1.807) is 17.4 Å². The van der Waals surface area contributed by atoms with Gasteiger partial charge in [0.05, 0.1) is 4.88 Å². The molecule has 0 aliphatic heterocycles. The van der Waals surface area contributed by atoms with Gasteiger partial charge < -0.3 is 5.32 Å². The molecule has 3 nitrogen and oxygen atoms in total. The fourth-order valence-electron chi connectivity index (χ4n) is 1.22. The van der Waals surface area contributed by atoms with Crippen LogP contribution in [0.4, 0.5) is 13.2 Å². The maximum Gasteiger partial charge on any atom is 0.405 e. The number of carbonyl (C=O) groups is 2. The standard InChI is InChI=1S/C11H12F3NO2S/c1-7-2-4-9(18-7)8(16)3-5-10(17)15-6-11(12,13)14/h2,4H,3,5-6H2,1H3,(H,15,17). The van der Waals surface area contributed by atoms with E-state index in [0.29, 0.717) is 4.88 Å². The molecule has 18 heavy (non-hydrogen) atoms. The third kappa shape index (κ3) is 5.31. The van der Waals surface area contributed by atoms with Crippen molar-refractivity contribution in [1.82, 2.24) is 5.32 Å². The largest absolute Gasteiger partial charge is 0.405 e. The number of aryl methyl sites for hydroxylation is 1. The highest BCUT2D eigenvalue weighted by Crippen LogP contribution is 2.17. The monoisotopic (exact) mass is 279 g/mol. The number of Topliss-reactive ketones (excluding diaryl/α,β-unsaturated/α-hetero) is 1. The lowest BCUT2D eigenvalue weighted by Crippen LogP contribution is -2.33. The molecule has 0 saturated heterocycles. The Labute approximate surface area is 106 Å². The van der Waals surface area contributed by atoms with E-state index < -0.39 is 18.6 Å². The van der Waals surface area contributed by atoms with Gasteiger partial charge in [-0.3, -0.25) is 9.59 Å². The molecule has 0 bridgehead atoms. The Balaban J connectivity index is 2.33. The number of thiophene rings is 1. The summed E-state index contributed by atoms with van der Waals surface area (Å²) in [6, 6.07) is 3.43. The van der Waals surface area contributed by atoms with Crippen LogP contribution in [0, 0.1) is 6.92 Å². The third-order valence-electron chi connectivity index (χ3n) is 2.08. The van der Waals surface area contributed by atoms with Crippen molar-refractivity contribution in [2.24, 2.45) is 0 Å². The van der Waals surface area contributed by atoms with E-state index >= 15 is 0 Å². The zero-order valence-corrected chi connectivity index (χ0v) is 10.5. The van der Waals surface area contributed by atoms with E-state index in [0.717, 1.165) is 4.88 Å². The maximum atomic E-state index is 11.8. The molecule has 1 N–H and O–H groups in total. The summed E-state index contributed by atoms with van der Waals surface area (Å²) in [7, 11) is 0. The number of nitrogens with one attached hydrogen (secondary N) is 1. The summed E-state index contributed by atoms with van der Waals surface area (Å²) < 4.78 is 35.4. The van der Waals surface area contributed by atoms with Crippen LogP contribution in [0.5, 0.6) is 0 Å². The quantitative estimate of drug-likeness (QED) is 0.842. The van der Waals surface area contributed by atoms with Gasteiger partial charge in [-0.2, -0.15) is 13.2 Å². The van der Waals surface area contributed by atoms with Crippen LogP contribution >= 0.6 is 11.3 Å². The van der Waals surface area contributed by atoms with E-state index in [1.165, 1.54) is 11.3 Å². The molecule has 1 aromatic heterocycles. The van der Waals surface area contributed by atoms with Crippen LogP contribution in [-0.4, -0.2) is 24.4 Å². The number of hydrogen-bond acceptors (Lipinski definition) is 3. The second kappa shape index (κ2) is 5.99. The predicted molar refractivity (Wildman–Crippen MR) is 61.7 cm³/mol. The first-order valence-electron chi connectivity index (χ1n) is 5.21. The minimum absolute atomic E-state index is 0.0797. The minimum atomic E-state index is -4.43. The average molecular weight is 279 g/mol. The Bertz CT molecular complexity index is 440. The van der Waals surface area contributed by atoms with Gasteiger partial charge in [0.2, 0.25) is 5.91 Å². The fraction of sp³-hybridized carbons (Fsp3) is 0.455. The maximum absolute atomic E-state index is 11.8.